The summed E-state index contributed by atoms with van der Waals surface area (Å²) >= 11 is 0. The summed E-state index contributed by atoms with van der Waals surface area (Å²) in [6.45, 7) is 1.65. The Hall–Kier alpha value is -3.23. The van der Waals surface area contributed by atoms with E-state index >= 15 is 0 Å². The average molecular weight is 438 g/mol. The van der Waals surface area contributed by atoms with Gasteiger partial charge >= 0.3 is 6.18 Å². The van der Waals surface area contributed by atoms with Crippen LogP contribution in [0.4, 0.5) is 18.9 Å². The van der Waals surface area contributed by atoms with Crippen LogP contribution in [-0.4, -0.2) is 45.0 Å². The summed E-state index contributed by atoms with van der Waals surface area (Å²) in [5.41, 5.74) is 0.316. The molecule has 0 aliphatic carbocycles. The van der Waals surface area contributed by atoms with Gasteiger partial charge in [0.2, 0.25) is 5.91 Å². The minimum atomic E-state index is -4.41. The van der Waals surface area contributed by atoms with E-state index in [4.69, 9.17) is 9.47 Å². The second-order valence-electron chi connectivity index (χ2n) is 7.24. The predicted octanol–water partition coefficient (Wildman–Crippen LogP) is 4.24. The molecule has 1 atom stereocenters. The van der Waals surface area contributed by atoms with Gasteiger partial charge in [0.05, 0.1) is 31.0 Å². The van der Waals surface area contributed by atoms with Crippen molar-refractivity contribution >= 4 is 17.5 Å². The number of benzene rings is 2. The molecule has 0 fully saturated rings. The summed E-state index contributed by atoms with van der Waals surface area (Å²) in [4.78, 5) is 26.7. The zero-order valence-electron chi connectivity index (χ0n) is 18.0. The molecule has 0 aliphatic heterocycles. The van der Waals surface area contributed by atoms with Crippen LogP contribution in [0.3, 0.4) is 0 Å². The van der Waals surface area contributed by atoms with Crippen molar-refractivity contribution in [2.75, 3.05) is 33.6 Å². The minimum Gasteiger partial charge on any atom is -0.493 e. The Morgan fingerprint density at radius 1 is 1.03 bits per heavy atom. The molecule has 0 spiro atoms. The Bertz CT molecular complexity index is 941. The fraction of sp³-hybridized carbons (Fsp3) is 0.364. The summed E-state index contributed by atoms with van der Waals surface area (Å²) in [6.07, 6.45) is -4.18. The molecule has 2 aromatic carbocycles. The zero-order chi connectivity index (χ0) is 23.3. The van der Waals surface area contributed by atoms with Gasteiger partial charge in [-0.2, -0.15) is 13.2 Å². The molecular weight excluding hydrogens is 413 g/mol. The van der Waals surface area contributed by atoms with Gasteiger partial charge in [-0.1, -0.05) is 19.1 Å². The maximum absolute atomic E-state index is 12.8. The topological polar surface area (TPSA) is 67.9 Å². The number of rotatable bonds is 7. The predicted molar refractivity (Wildman–Crippen MR) is 111 cm³/mol. The van der Waals surface area contributed by atoms with Crippen LogP contribution in [0.5, 0.6) is 11.5 Å². The molecule has 2 amide bonds. The highest BCUT2D eigenvalue weighted by Crippen LogP contribution is 2.34. The summed E-state index contributed by atoms with van der Waals surface area (Å²) in [5.74, 6) is -0.620. The Kier molecular flexibility index (Phi) is 7.54. The minimum absolute atomic E-state index is 0.220. The number of alkyl halides is 3. The third kappa shape index (κ3) is 5.90. The number of hydrogen-bond acceptors (Lipinski definition) is 4. The highest BCUT2D eigenvalue weighted by atomic mass is 19.4. The van der Waals surface area contributed by atoms with E-state index in [0.29, 0.717) is 17.1 Å². The van der Waals surface area contributed by atoms with Crippen molar-refractivity contribution < 1.29 is 32.2 Å². The lowest BCUT2D eigenvalue weighted by Gasteiger charge is -2.19. The highest BCUT2D eigenvalue weighted by molar-refractivity contribution is 6.04. The molecule has 0 bridgehead atoms. The normalized spacial score (nSPS) is 12.1. The van der Waals surface area contributed by atoms with Crippen LogP contribution in [0.1, 0.15) is 28.4 Å². The van der Waals surface area contributed by atoms with Crippen molar-refractivity contribution in [3.05, 3.63) is 53.1 Å². The number of amides is 2. The van der Waals surface area contributed by atoms with Crippen molar-refractivity contribution in [1.82, 2.24) is 4.90 Å². The highest BCUT2D eigenvalue weighted by Gasteiger charge is 2.30. The van der Waals surface area contributed by atoms with Crippen molar-refractivity contribution in [3.63, 3.8) is 0 Å². The molecule has 0 aliphatic rings. The molecule has 1 N–H and O–H groups in total. The van der Waals surface area contributed by atoms with Gasteiger partial charge in [0, 0.05) is 26.1 Å². The van der Waals surface area contributed by atoms with Crippen LogP contribution in [0, 0.1) is 5.92 Å². The van der Waals surface area contributed by atoms with Crippen molar-refractivity contribution in [2.24, 2.45) is 5.92 Å². The van der Waals surface area contributed by atoms with Gasteiger partial charge in [-0.05, 0) is 30.2 Å². The second kappa shape index (κ2) is 9.72. The van der Waals surface area contributed by atoms with Crippen LogP contribution < -0.4 is 14.8 Å². The van der Waals surface area contributed by atoms with Gasteiger partial charge in [-0.25, -0.2) is 0 Å². The molecule has 31 heavy (non-hydrogen) atoms. The van der Waals surface area contributed by atoms with E-state index < -0.39 is 17.7 Å². The third-order valence-electron chi connectivity index (χ3n) is 4.69. The molecule has 0 heterocycles. The quantitative estimate of drug-likeness (QED) is 0.702. The number of nitrogens with zero attached hydrogens (tertiary/aromatic N) is 1. The molecule has 0 aromatic heterocycles. The lowest BCUT2D eigenvalue weighted by atomic mass is 9.99. The fourth-order valence-electron chi connectivity index (χ4n) is 2.93. The number of carbonyl (C=O) groups is 2. The molecule has 0 radical (unpaired) electrons. The first kappa shape index (κ1) is 24.0. The van der Waals surface area contributed by atoms with Crippen LogP contribution in [0.25, 0.3) is 0 Å². The monoisotopic (exact) mass is 438 g/mol. The lowest BCUT2D eigenvalue weighted by molar-refractivity contribution is -0.137. The molecule has 9 heteroatoms. The van der Waals surface area contributed by atoms with Gasteiger partial charge in [0.15, 0.2) is 11.5 Å². The maximum atomic E-state index is 12.8. The second-order valence-corrected chi connectivity index (χ2v) is 7.24. The van der Waals surface area contributed by atoms with Gasteiger partial charge in [-0.3, -0.25) is 9.59 Å². The average Bonchev–Trinajstić information content (AvgIpc) is 2.72. The lowest BCUT2D eigenvalue weighted by Crippen LogP contribution is -2.26. The first-order chi connectivity index (χ1) is 14.5. The summed E-state index contributed by atoms with van der Waals surface area (Å²) in [5, 5.41) is 2.73. The standard InChI is InChI=1S/C22H25F3N2O4/c1-13(10-14-6-8-15(9-7-14)22(23,24)25)20(28)26-17-12-19(31-5)18(30-4)11-16(17)21(29)27(2)3/h6-9,11-13H,10H2,1-5H3,(H,26,28). The first-order valence-electron chi connectivity index (χ1n) is 9.42. The largest absolute Gasteiger partial charge is 0.493 e. The summed E-state index contributed by atoms with van der Waals surface area (Å²) in [7, 11) is 6.03. The van der Waals surface area contributed by atoms with E-state index in [-0.39, 0.29) is 29.5 Å². The van der Waals surface area contributed by atoms with Gasteiger partial charge in [0.1, 0.15) is 0 Å². The van der Waals surface area contributed by atoms with Gasteiger partial charge < -0.3 is 19.7 Å². The van der Waals surface area contributed by atoms with Crippen molar-refractivity contribution in [2.45, 2.75) is 19.5 Å². The SMILES string of the molecule is COc1cc(NC(=O)C(C)Cc2ccc(C(F)(F)F)cc2)c(C(=O)N(C)C)cc1OC. The van der Waals surface area contributed by atoms with E-state index in [0.717, 1.165) is 12.1 Å². The van der Waals surface area contributed by atoms with Crippen LogP contribution >= 0.6 is 0 Å². The van der Waals surface area contributed by atoms with Gasteiger partial charge in [-0.15, -0.1) is 0 Å². The number of anilines is 1. The molecular formula is C22H25F3N2O4. The molecule has 2 rings (SSSR count). The molecule has 0 saturated carbocycles. The fourth-order valence-corrected chi connectivity index (χ4v) is 2.93. The number of carbonyl (C=O) groups excluding carboxylic acids is 2. The number of methoxy groups -OCH3 is 2. The maximum Gasteiger partial charge on any atom is 0.416 e. The zero-order valence-corrected chi connectivity index (χ0v) is 18.0. The number of halogens is 3. The van der Waals surface area contributed by atoms with Crippen LogP contribution in [0.15, 0.2) is 36.4 Å². The number of hydrogen-bond donors (Lipinski definition) is 1. The smallest absolute Gasteiger partial charge is 0.416 e. The number of ether oxygens (including phenoxy) is 2. The molecule has 0 saturated heterocycles. The van der Waals surface area contributed by atoms with Crippen LogP contribution in [0.2, 0.25) is 0 Å². The Balaban J connectivity index is 2.24. The number of nitrogens with one attached hydrogen (secondary N) is 1. The van der Waals surface area contributed by atoms with E-state index in [9.17, 15) is 22.8 Å². The molecule has 1 unspecified atom stereocenters. The van der Waals surface area contributed by atoms with Gasteiger partial charge in [0.25, 0.3) is 5.91 Å². The molecule has 6 nitrogen and oxygen atoms in total. The summed E-state index contributed by atoms with van der Waals surface area (Å²) < 4.78 is 48.6. The summed E-state index contributed by atoms with van der Waals surface area (Å²) in [6, 6.07) is 7.66. The Labute approximate surface area is 178 Å². The van der Waals surface area contributed by atoms with E-state index in [1.54, 1.807) is 21.0 Å². The van der Waals surface area contributed by atoms with Crippen molar-refractivity contribution in [1.29, 1.82) is 0 Å². The van der Waals surface area contributed by atoms with E-state index in [2.05, 4.69) is 5.32 Å². The van der Waals surface area contributed by atoms with E-state index in [1.807, 2.05) is 0 Å². The third-order valence-corrected chi connectivity index (χ3v) is 4.69. The first-order valence-corrected chi connectivity index (χ1v) is 9.42. The molecule has 2 aromatic rings. The van der Waals surface area contributed by atoms with Crippen LogP contribution in [-0.2, 0) is 17.4 Å². The Morgan fingerprint density at radius 3 is 2.06 bits per heavy atom. The Morgan fingerprint density at radius 2 is 1.58 bits per heavy atom. The molecule has 168 valence electrons. The van der Waals surface area contributed by atoms with E-state index in [1.165, 1.54) is 43.4 Å². The van der Waals surface area contributed by atoms with Crippen molar-refractivity contribution in [3.8, 4) is 11.5 Å².